The Kier molecular flexibility index (Phi) is 4.29. The van der Waals surface area contributed by atoms with Crippen LogP contribution in [-0.4, -0.2) is 11.8 Å². The number of ketones is 1. The molecule has 0 aromatic carbocycles. The molecule has 0 aliphatic rings. The Morgan fingerprint density at radius 1 is 1.57 bits per heavy atom. The molecule has 2 nitrogen and oxygen atoms in total. The van der Waals surface area contributed by atoms with Crippen LogP contribution in [0.1, 0.15) is 25.8 Å². The Morgan fingerprint density at radius 3 is 2.79 bits per heavy atom. The summed E-state index contributed by atoms with van der Waals surface area (Å²) in [5, 5.41) is 4.00. The number of thiophene rings is 1. The zero-order valence-electron chi connectivity index (χ0n) is 8.69. The highest BCUT2D eigenvalue weighted by molar-refractivity contribution is 7.07. The Hall–Kier alpha value is -0.670. The summed E-state index contributed by atoms with van der Waals surface area (Å²) in [5.74, 6) is 0.617. The van der Waals surface area contributed by atoms with Crippen molar-refractivity contribution in [2.45, 2.75) is 32.7 Å². The number of carbonyl (C=O) groups excluding carboxylic acids is 1. The van der Waals surface area contributed by atoms with Gasteiger partial charge in [-0.05, 0) is 28.3 Å². The van der Waals surface area contributed by atoms with Gasteiger partial charge in [0.05, 0.1) is 0 Å². The van der Waals surface area contributed by atoms with Crippen LogP contribution in [0.2, 0.25) is 0 Å². The minimum absolute atomic E-state index is 0.00105. The summed E-state index contributed by atoms with van der Waals surface area (Å²) in [6, 6.07) is 1.99. The fourth-order valence-electron chi connectivity index (χ4n) is 1.19. The van der Waals surface area contributed by atoms with Gasteiger partial charge in [0.25, 0.3) is 0 Å². The molecular weight excluding hydrogens is 194 g/mol. The maximum absolute atomic E-state index is 11.5. The molecule has 2 N–H and O–H groups in total. The van der Waals surface area contributed by atoms with Crippen molar-refractivity contribution in [1.29, 1.82) is 0 Å². The van der Waals surface area contributed by atoms with E-state index in [0.717, 1.165) is 5.56 Å². The van der Waals surface area contributed by atoms with E-state index in [-0.39, 0.29) is 11.8 Å². The van der Waals surface area contributed by atoms with Crippen LogP contribution in [0.5, 0.6) is 0 Å². The molecule has 14 heavy (non-hydrogen) atoms. The predicted molar refractivity (Wildman–Crippen MR) is 60.5 cm³/mol. The first-order valence-electron chi connectivity index (χ1n) is 4.88. The topological polar surface area (TPSA) is 43.1 Å². The van der Waals surface area contributed by atoms with E-state index in [0.29, 0.717) is 18.8 Å². The Labute approximate surface area is 89.1 Å². The monoisotopic (exact) mass is 211 g/mol. The van der Waals surface area contributed by atoms with Crippen molar-refractivity contribution < 1.29 is 4.79 Å². The molecule has 1 rings (SSSR count). The fourth-order valence-corrected chi connectivity index (χ4v) is 1.86. The summed E-state index contributed by atoms with van der Waals surface area (Å²) in [6.07, 6.45) is 1.03. The van der Waals surface area contributed by atoms with Gasteiger partial charge < -0.3 is 5.73 Å². The lowest BCUT2D eigenvalue weighted by Crippen LogP contribution is -2.29. The number of nitrogens with two attached hydrogens (primary N) is 1. The molecule has 1 unspecified atom stereocenters. The quantitative estimate of drug-likeness (QED) is 0.811. The maximum atomic E-state index is 11.5. The van der Waals surface area contributed by atoms with Gasteiger partial charge in [-0.15, -0.1) is 0 Å². The molecule has 1 aromatic rings. The van der Waals surface area contributed by atoms with Gasteiger partial charge in [-0.3, -0.25) is 4.79 Å². The third-order valence-electron chi connectivity index (χ3n) is 2.30. The van der Waals surface area contributed by atoms with Gasteiger partial charge in [-0.25, -0.2) is 0 Å². The molecule has 0 radical (unpaired) electrons. The third-order valence-corrected chi connectivity index (χ3v) is 3.03. The molecule has 3 heteroatoms. The molecule has 0 amide bonds. The second kappa shape index (κ2) is 5.27. The molecule has 0 bridgehead atoms. The van der Waals surface area contributed by atoms with E-state index in [9.17, 15) is 4.79 Å². The van der Waals surface area contributed by atoms with E-state index in [1.54, 1.807) is 11.3 Å². The van der Waals surface area contributed by atoms with Gasteiger partial charge in [-0.2, -0.15) is 11.3 Å². The molecule has 0 aliphatic heterocycles. The van der Waals surface area contributed by atoms with E-state index in [1.165, 1.54) is 0 Å². The van der Waals surface area contributed by atoms with Crippen LogP contribution in [0.25, 0.3) is 0 Å². The Bertz CT molecular complexity index is 279. The number of rotatable bonds is 5. The van der Waals surface area contributed by atoms with Crippen molar-refractivity contribution in [3.05, 3.63) is 22.4 Å². The van der Waals surface area contributed by atoms with Crippen molar-refractivity contribution in [2.24, 2.45) is 11.7 Å². The summed E-state index contributed by atoms with van der Waals surface area (Å²) in [5.41, 5.74) is 6.94. The molecule has 0 aliphatic carbocycles. The summed E-state index contributed by atoms with van der Waals surface area (Å²) in [6.45, 7) is 4.09. The molecule has 78 valence electrons. The lowest BCUT2D eigenvalue weighted by molar-refractivity contribution is -0.118. The Morgan fingerprint density at radius 2 is 2.29 bits per heavy atom. The lowest BCUT2D eigenvalue weighted by Gasteiger charge is -2.13. The van der Waals surface area contributed by atoms with Crippen LogP contribution in [0.15, 0.2) is 16.8 Å². The first kappa shape index (κ1) is 11.4. The zero-order chi connectivity index (χ0) is 10.6. The Balaban J connectivity index is 2.36. The smallest absolute Gasteiger partial charge is 0.138 e. The van der Waals surface area contributed by atoms with Gasteiger partial charge >= 0.3 is 0 Å². The third kappa shape index (κ3) is 3.60. The van der Waals surface area contributed by atoms with E-state index in [1.807, 2.05) is 30.7 Å². The lowest BCUT2D eigenvalue weighted by atomic mass is 9.97. The van der Waals surface area contributed by atoms with Crippen LogP contribution in [0.3, 0.4) is 0 Å². The van der Waals surface area contributed by atoms with E-state index in [2.05, 4.69) is 0 Å². The molecule has 1 aromatic heterocycles. The van der Waals surface area contributed by atoms with Crippen LogP contribution >= 0.6 is 11.3 Å². The molecule has 1 atom stereocenters. The van der Waals surface area contributed by atoms with Crippen LogP contribution in [0, 0.1) is 5.92 Å². The average Bonchev–Trinajstić information content (AvgIpc) is 2.56. The normalized spacial score (nSPS) is 13.1. The van der Waals surface area contributed by atoms with E-state index in [4.69, 9.17) is 5.73 Å². The standard InChI is InChI=1S/C11H17NOS/c1-8(2)11(12)6-10(13)5-9-3-4-14-7-9/h3-4,7-8,11H,5-6,12H2,1-2H3. The molecule has 0 fully saturated rings. The number of Topliss-reactive ketones (excluding diaryl/α,β-unsaturated/α-hetero) is 1. The first-order valence-corrected chi connectivity index (χ1v) is 5.82. The van der Waals surface area contributed by atoms with Crippen molar-refractivity contribution in [2.75, 3.05) is 0 Å². The van der Waals surface area contributed by atoms with Gasteiger partial charge in [0, 0.05) is 18.9 Å². The largest absolute Gasteiger partial charge is 0.327 e. The first-order chi connectivity index (χ1) is 6.59. The summed E-state index contributed by atoms with van der Waals surface area (Å²) in [7, 11) is 0. The predicted octanol–water partition coefficient (Wildman–Crippen LogP) is 2.23. The highest BCUT2D eigenvalue weighted by Crippen LogP contribution is 2.10. The number of hydrogen-bond acceptors (Lipinski definition) is 3. The summed E-state index contributed by atoms with van der Waals surface area (Å²) >= 11 is 1.62. The maximum Gasteiger partial charge on any atom is 0.138 e. The molecule has 0 spiro atoms. The second-order valence-corrected chi connectivity index (χ2v) is 4.74. The van der Waals surface area contributed by atoms with E-state index >= 15 is 0 Å². The molecule has 0 saturated carbocycles. The van der Waals surface area contributed by atoms with Crippen molar-refractivity contribution in [1.82, 2.24) is 0 Å². The summed E-state index contributed by atoms with van der Waals surface area (Å²) < 4.78 is 0. The molecule has 0 saturated heterocycles. The van der Waals surface area contributed by atoms with Crippen LogP contribution < -0.4 is 5.73 Å². The molecule has 1 heterocycles. The minimum Gasteiger partial charge on any atom is -0.327 e. The second-order valence-electron chi connectivity index (χ2n) is 3.96. The van der Waals surface area contributed by atoms with E-state index < -0.39 is 0 Å². The van der Waals surface area contributed by atoms with Crippen LogP contribution in [0.4, 0.5) is 0 Å². The number of carbonyl (C=O) groups is 1. The van der Waals surface area contributed by atoms with Crippen LogP contribution in [-0.2, 0) is 11.2 Å². The average molecular weight is 211 g/mol. The highest BCUT2D eigenvalue weighted by Gasteiger charge is 2.13. The van der Waals surface area contributed by atoms with Crippen molar-refractivity contribution in [3.8, 4) is 0 Å². The van der Waals surface area contributed by atoms with Crippen molar-refractivity contribution in [3.63, 3.8) is 0 Å². The van der Waals surface area contributed by atoms with Gasteiger partial charge in [0.2, 0.25) is 0 Å². The van der Waals surface area contributed by atoms with Gasteiger partial charge in [0.1, 0.15) is 5.78 Å². The molecular formula is C11H17NOS. The van der Waals surface area contributed by atoms with Gasteiger partial charge in [-0.1, -0.05) is 13.8 Å². The highest BCUT2D eigenvalue weighted by atomic mass is 32.1. The SMILES string of the molecule is CC(C)C(N)CC(=O)Cc1ccsc1. The summed E-state index contributed by atoms with van der Waals surface area (Å²) in [4.78, 5) is 11.5. The minimum atomic E-state index is 0.00105. The zero-order valence-corrected chi connectivity index (χ0v) is 9.51. The number of hydrogen-bond donors (Lipinski definition) is 1. The van der Waals surface area contributed by atoms with Gasteiger partial charge in [0.15, 0.2) is 0 Å². The van der Waals surface area contributed by atoms with Crippen molar-refractivity contribution >= 4 is 17.1 Å². The fraction of sp³-hybridized carbons (Fsp3) is 0.545.